The maximum absolute atomic E-state index is 12.5. The van der Waals surface area contributed by atoms with Crippen LogP contribution in [0.1, 0.15) is 18.5 Å². The standard InChI is InChI=1S/C15H19N5OS/c1-19(9-13-10-22-11-18-13)15(21)12-2-6-20(7-3-12)14-8-16-4-5-17-14/h4-5,8,10-12H,2-3,6-7,9H2,1H3. The van der Waals surface area contributed by atoms with Crippen LogP contribution in [0.2, 0.25) is 0 Å². The molecule has 1 amide bonds. The zero-order valence-corrected chi connectivity index (χ0v) is 13.4. The van der Waals surface area contributed by atoms with Gasteiger partial charge in [-0.15, -0.1) is 11.3 Å². The van der Waals surface area contributed by atoms with Gasteiger partial charge in [0, 0.05) is 43.8 Å². The molecule has 1 aliphatic rings. The molecule has 3 heterocycles. The molecule has 2 aromatic heterocycles. The molecular weight excluding hydrogens is 298 g/mol. The summed E-state index contributed by atoms with van der Waals surface area (Å²) in [7, 11) is 1.86. The minimum atomic E-state index is 0.0940. The van der Waals surface area contributed by atoms with Crippen molar-refractivity contribution in [2.45, 2.75) is 19.4 Å². The van der Waals surface area contributed by atoms with E-state index in [-0.39, 0.29) is 11.8 Å². The highest BCUT2D eigenvalue weighted by atomic mass is 32.1. The third-order valence-corrected chi connectivity index (χ3v) is 4.61. The Morgan fingerprint density at radius 2 is 2.18 bits per heavy atom. The SMILES string of the molecule is CN(Cc1cscn1)C(=O)C1CCN(c2cnccn2)CC1. The monoisotopic (exact) mass is 317 g/mol. The maximum atomic E-state index is 12.5. The number of hydrogen-bond donors (Lipinski definition) is 0. The van der Waals surface area contributed by atoms with E-state index in [2.05, 4.69) is 19.9 Å². The normalized spacial score (nSPS) is 15.8. The zero-order valence-electron chi connectivity index (χ0n) is 12.6. The molecule has 0 N–H and O–H groups in total. The van der Waals surface area contributed by atoms with Crippen LogP contribution >= 0.6 is 11.3 Å². The van der Waals surface area contributed by atoms with Crippen LogP contribution in [0.15, 0.2) is 29.5 Å². The number of thiazole rings is 1. The Bertz CT molecular complexity index is 596. The molecule has 0 spiro atoms. The molecule has 0 aliphatic carbocycles. The first-order valence-electron chi connectivity index (χ1n) is 7.37. The third-order valence-electron chi connectivity index (χ3n) is 3.98. The molecule has 0 radical (unpaired) electrons. The van der Waals surface area contributed by atoms with Gasteiger partial charge in [-0.3, -0.25) is 9.78 Å². The average Bonchev–Trinajstić information content (AvgIpc) is 3.08. The fourth-order valence-corrected chi connectivity index (χ4v) is 3.31. The van der Waals surface area contributed by atoms with Gasteiger partial charge in [0.25, 0.3) is 0 Å². The Balaban J connectivity index is 1.53. The quantitative estimate of drug-likeness (QED) is 0.860. The first kappa shape index (κ1) is 14.9. The Kier molecular flexibility index (Phi) is 4.62. The van der Waals surface area contributed by atoms with Gasteiger partial charge in [0.15, 0.2) is 0 Å². The molecule has 2 aromatic rings. The molecule has 0 saturated carbocycles. The smallest absolute Gasteiger partial charge is 0.225 e. The maximum Gasteiger partial charge on any atom is 0.225 e. The fourth-order valence-electron chi connectivity index (χ4n) is 2.76. The predicted octanol–water partition coefficient (Wildman–Crippen LogP) is 1.81. The topological polar surface area (TPSA) is 62.2 Å². The summed E-state index contributed by atoms with van der Waals surface area (Å²) in [5, 5.41) is 1.99. The van der Waals surface area contributed by atoms with Crippen molar-refractivity contribution in [2.75, 3.05) is 25.0 Å². The summed E-state index contributed by atoms with van der Waals surface area (Å²) < 4.78 is 0. The van der Waals surface area contributed by atoms with Gasteiger partial charge in [0.2, 0.25) is 5.91 Å². The van der Waals surface area contributed by atoms with Crippen molar-refractivity contribution in [1.29, 1.82) is 0 Å². The number of carbonyl (C=O) groups is 1. The summed E-state index contributed by atoms with van der Waals surface area (Å²) in [4.78, 5) is 29.2. The second-order valence-electron chi connectivity index (χ2n) is 5.50. The summed E-state index contributed by atoms with van der Waals surface area (Å²) in [6, 6.07) is 0. The fraction of sp³-hybridized carbons (Fsp3) is 0.467. The molecule has 22 heavy (non-hydrogen) atoms. The van der Waals surface area contributed by atoms with E-state index in [0.29, 0.717) is 6.54 Å². The Hall–Kier alpha value is -2.02. The molecule has 7 heteroatoms. The van der Waals surface area contributed by atoms with Gasteiger partial charge < -0.3 is 9.80 Å². The highest BCUT2D eigenvalue weighted by molar-refractivity contribution is 7.07. The van der Waals surface area contributed by atoms with Crippen LogP contribution in [0, 0.1) is 5.92 Å². The number of nitrogens with zero attached hydrogens (tertiary/aromatic N) is 5. The number of piperidine rings is 1. The van der Waals surface area contributed by atoms with Gasteiger partial charge >= 0.3 is 0 Å². The van der Waals surface area contributed by atoms with Crippen molar-refractivity contribution in [3.63, 3.8) is 0 Å². The summed E-state index contributed by atoms with van der Waals surface area (Å²) in [5.74, 6) is 1.20. The largest absolute Gasteiger partial charge is 0.355 e. The van der Waals surface area contributed by atoms with E-state index in [1.54, 1.807) is 40.3 Å². The molecule has 1 aliphatic heterocycles. The lowest BCUT2D eigenvalue weighted by atomic mass is 9.95. The van der Waals surface area contributed by atoms with Crippen LogP contribution in [0.4, 0.5) is 5.82 Å². The van der Waals surface area contributed by atoms with E-state index in [1.807, 2.05) is 12.4 Å². The van der Waals surface area contributed by atoms with E-state index in [9.17, 15) is 4.79 Å². The van der Waals surface area contributed by atoms with Crippen LogP contribution in [-0.4, -0.2) is 45.9 Å². The highest BCUT2D eigenvalue weighted by Crippen LogP contribution is 2.23. The van der Waals surface area contributed by atoms with Gasteiger partial charge in [-0.1, -0.05) is 0 Å². The molecular formula is C15H19N5OS. The van der Waals surface area contributed by atoms with Crippen LogP contribution in [0.5, 0.6) is 0 Å². The van der Waals surface area contributed by atoms with Crippen molar-refractivity contribution in [3.8, 4) is 0 Å². The molecule has 0 atom stereocenters. The van der Waals surface area contributed by atoms with E-state index in [0.717, 1.165) is 37.4 Å². The molecule has 0 unspecified atom stereocenters. The summed E-state index contributed by atoms with van der Waals surface area (Å²) >= 11 is 1.56. The lowest BCUT2D eigenvalue weighted by molar-refractivity contribution is -0.135. The summed E-state index contributed by atoms with van der Waals surface area (Å²) in [5.41, 5.74) is 2.75. The molecule has 3 rings (SSSR count). The number of rotatable bonds is 4. The van der Waals surface area contributed by atoms with Gasteiger partial charge in [0.1, 0.15) is 5.82 Å². The highest BCUT2D eigenvalue weighted by Gasteiger charge is 2.27. The first-order chi connectivity index (χ1) is 10.7. The van der Waals surface area contributed by atoms with Gasteiger partial charge in [0.05, 0.1) is 23.9 Å². The van der Waals surface area contributed by atoms with Crippen LogP contribution < -0.4 is 4.90 Å². The van der Waals surface area contributed by atoms with E-state index in [4.69, 9.17) is 0 Å². The number of hydrogen-bond acceptors (Lipinski definition) is 6. The van der Waals surface area contributed by atoms with Crippen LogP contribution in [-0.2, 0) is 11.3 Å². The third kappa shape index (κ3) is 3.41. The minimum absolute atomic E-state index is 0.0940. The van der Waals surface area contributed by atoms with Crippen molar-refractivity contribution >= 4 is 23.1 Å². The van der Waals surface area contributed by atoms with Crippen molar-refractivity contribution in [1.82, 2.24) is 19.9 Å². The summed E-state index contributed by atoms with van der Waals surface area (Å²) in [6.45, 7) is 2.28. The molecule has 6 nitrogen and oxygen atoms in total. The molecule has 116 valence electrons. The van der Waals surface area contributed by atoms with Crippen molar-refractivity contribution in [3.05, 3.63) is 35.2 Å². The van der Waals surface area contributed by atoms with Crippen LogP contribution in [0.3, 0.4) is 0 Å². The Morgan fingerprint density at radius 1 is 1.36 bits per heavy atom. The zero-order chi connectivity index (χ0) is 15.4. The average molecular weight is 317 g/mol. The summed E-state index contributed by atoms with van der Waals surface area (Å²) in [6.07, 6.45) is 6.87. The van der Waals surface area contributed by atoms with E-state index >= 15 is 0 Å². The van der Waals surface area contributed by atoms with Crippen molar-refractivity contribution < 1.29 is 4.79 Å². The second-order valence-corrected chi connectivity index (χ2v) is 6.22. The van der Waals surface area contributed by atoms with Gasteiger partial charge in [-0.25, -0.2) is 9.97 Å². The van der Waals surface area contributed by atoms with Gasteiger partial charge in [-0.2, -0.15) is 0 Å². The Labute approximate surface area is 133 Å². The van der Waals surface area contributed by atoms with Gasteiger partial charge in [-0.05, 0) is 12.8 Å². The number of aromatic nitrogens is 3. The molecule has 0 aromatic carbocycles. The molecule has 1 saturated heterocycles. The van der Waals surface area contributed by atoms with Crippen molar-refractivity contribution in [2.24, 2.45) is 5.92 Å². The lowest BCUT2D eigenvalue weighted by Crippen LogP contribution is -2.41. The number of carbonyl (C=O) groups excluding carboxylic acids is 1. The van der Waals surface area contributed by atoms with Crippen LogP contribution in [0.25, 0.3) is 0 Å². The van der Waals surface area contributed by atoms with E-state index in [1.165, 1.54) is 0 Å². The Morgan fingerprint density at radius 3 is 2.82 bits per heavy atom. The predicted molar refractivity (Wildman–Crippen MR) is 85.6 cm³/mol. The minimum Gasteiger partial charge on any atom is -0.355 e. The number of anilines is 1. The van der Waals surface area contributed by atoms with E-state index < -0.39 is 0 Å². The molecule has 0 bridgehead atoms. The number of amides is 1. The first-order valence-corrected chi connectivity index (χ1v) is 8.31. The molecule has 1 fully saturated rings. The lowest BCUT2D eigenvalue weighted by Gasteiger charge is -2.33. The second kappa shape index (κ2) is 6.83.